The summed E-state index contributed by atoms with van der Waals surface area (Å²) in [7, 11) is 0. The number of nitrogens with zero attached hydrogens (tertiary/aromatic N) is 1. The standard InChI is InChI=1S/C14H25N3O2/c1-5-11-10-17(13(19)16-12(11)18)9-7-6-8-15-14(2,3)4/h10,15H,5-9H2,1-4H3,(H,16,18,19). The second-order valence-electron chi connectivity index (χ2n) is 5.84. The Kier molecular flexibility index (Phi) is 5.54. The summed E-state index contributed by atoms with van der Waals surface area (Å²) in [5.41, 5.74) is 0.209. The lowest BCUT2D eigenvalue weighted by Gasteiger charge is -2.20. The van der Waals surface area contributed by atoms with Crippen LogP contribution in [0.3, 0.4) is 0 Å². The molecule has 1 heterocycles. The molecule has 0 spiro atoms. The largest absolute Gasteiger partial charge is 0.328 e. The maximum absolute atomic E-state index is 11.6. The molecule has 0 amide bonds. The average Bonchev–Trinajstić information content (AvgIpc) is 2.29. The summed E-state index contributed by atoms with van der Waals surface area (Å²) in [4.78, 5) is 25.4. The van der Waals surface area contributed by atoms with Crippen LogP contribution in [-0.4, -0.2) is 21.6 Å². The number of unbranched alkanes of at least 4 members (excludes halogenated alkanes) is 1. The zero-order valence-corrected chi connectivity index (χ0v) is 12.4. The molecule has 0 unspecified atom stereocenters. The van der Waals surface area contributed by atoms with E-state index in [1.807, 2.05) is 6.92 Å². The van der Waals surface area contributed by atoms with Crippen molar-refractivity contribution in [2.24, 2.45) is 0 Å². The lowest BCUT2D eigenvalue weighted by Crippen LogP contribution is -2.36. The van der Waals surface area contributed by atoms with E-state index in [9.17, 15) is 9.59 Å². The number of aryl methyl sites for hydroxylation is 2. The van der Waals surface area contributed by atoms with Gasteiger partial charge in [0, 0.05) is 23.8 Å². The van der Waals surface area contributed by atoms with E-state index in [1.54, 1.807) is 10.8 Å². The minimum Gasteiger partial charge on any atom is -0.312 e. The van der Waals surface area contributed by atoms with Crippen molar-refractivity contribution in [3.63, 3.8) is 0 Å². The van der Waals surface area contributed by atoms with Crippen LogP contribution in [0.5, 0.6) is 0 Å². The molecular weight excluding hydrogens is 242 g/mol. The Hall–Kier alpha value is -1.36. The molecular formula is C14H25N3O2. The number of hydrogen-bond donors (Lipinski definition) is 2. The molecule has 0 atom stereocenters. The van der Waals surface area contributed by atoms with Gasteiger partial charge in [0.25, 0.3) is 5.56 Å². The zero-order valence-electron chi connectivity index (χ0n) is 12.4. The van der Waals surface area contributed by atoms with Gasteiger partial charge in [-0.2, -0.15) is 0 Å². The Morgan fingerprint density at radius 3 is 2.53 bits per heavy atom. The highest BCUT2D eigenvalue weighted by Crippen LogP contribution is 2.00. The Labute approximate surface area is 114 Å². The van der Waals surface area contributed by atoms with Crippen LogP contribution in [0.25, 0.3) is 0 Å². The van der Waals surface area contributed by atoms with Crippen LogP contribution >= 0.6 is 0 Å². The third-order valence-corrected chi connectivity index (χ3v) is 2.95. The van der Waals surface area contributed by atoms with Crippen LogP contribution in [0.4, 0.5) is 0 Å². The number of rotatable bonds is 6. The van der Waals surface area contributed by atoms with Crippen LogP contribution in [0, 0.1) is 0 Å². The van der Waals surface area contributed by atoms with Crippen molar-refractivity contribution in [1.82, 2.24) is 14.9 Å². The molecule has 0 saturated heterocycles. The summed E-state index contributed by atoms with van der Waals surface area (Å²) < 4.78 is 1.59. The molecule has 0 bridgehead atoms. The quantitative estimate of drug-likeness (QED) is 0.763. The van der Waals surface area contributed by atoms with Gasteiger partial charge in [0.05, 0.1) is 0 Å². The van der Waals surface area contributed by atoms with Crippen LogP contribution in [0.15, 0.2) is 15.8 Å². The van der Waals surface area contributed by atoms with Gasteiger partial charge in [0.1, 0.15) is 0 Å². The van der Waals surface area contributed by atoms with Crippen LogP contribution in [-0.2, 0) is 13.0 Å². The van der Waals surface area contributed by atoms with Gasteiger partial charge in [-0.25, -0.2) is 4.79 Å². The second-order valence-corrected chi connectivity index (χ2v) is 5.84. The number of aromatic amines is 1. The highest BCUT2D eigenvalue weighted by Gasteiger charge is 2.07. The summed E-state index contributed by atoms with van der Waals surface area (Å²) in [6.45, 7) is 9.89. The maximum Gasteiger partial charge on any atom is 0.328 e. The normalized spacial score (nSPS) is 11.8. The molecule has 5 heteroatoms. The van der Waals surface area contributed by atoms with Crippen molar-refractivity contribution in [3.8, 4) is 0 Å². The van der Waals surface area contributed by atoms with E-state index >= 15 is 0 Å². The van der Waals surface area contributed by atoms with Gasteiger partial charge in [-0.05, 0) is 46.6 Å². The van der Waals surface area contributed by atoms with E-state index in [0.717, 1.165) is 19.4 Å². The molecule has 1 aromatic rings. The van der Waals surface area contributed by atoms with E-state index < -0.39 is 0 Å². The van der Waals surface area contributed by atoms with Gasteiger partial charge in [0.2, 0.25) is 0 Å². The predicted octanol–water partition coefficient (Wildman–Crippen LogP) is 1.27. The molecule has 5 nitrogen and oxygen atoms in total. The first-order valence-corrected chi connectivity index (χ1v) is 6.91. The molecule has 0 aromatic carbocycles. The van der Waals surface area contributed by atoms with Crippen LogP contribution in [0.1, 0.15) is 46.1 Å². The van der Waals surface area contributed by atoms with E-state index in [4.69, 9.17) is 0 Å². The van der Waals surface area contributed by atoms with Crippen molar-refractivity contribution in [1.29, 1.82) is 0 Å². The fourth-order valence-corrected chi connectivity index (χ4v) is 1.84. The molecule has 2 N–H and O–H groups in total. The summed E-state index contributed by atoms with van der Waals surface area (Å²) >= 11 is 0. The molecule has 0 fully saturated rings. The Balaban J connectivity index is 2.50. The lowest BCUT2D eigenvalue weighted by molar-refractivity contribution is 0.413. The van der Waals surface area contributed by atoms with Gasteiger partial charge in [-0.3, -0.25) is 9.78 Å². The molecule has 0 radical (unpaired) electrons. The number of H-pyrrole nitrogens is 1. The van der Waals surface area contributed by atoms with Crippen LogP contribution in [0.2, 0.25) is 0 Å². The second kappa shape index (κ2) is 6.70. The fourth-order valence-electron chi connectivity index (χ4n) is 1.84. The molecule has 1 aromatic heterocycles. The minimum atomic E-state index is -0.314. The number of aromatic nitrogens is 2. The van der Waals surface area contributed by atoms with Crippen molar-refractivity contribution >= 4 is 0 Å². The first-order chi connectivity index (χ1) is 8.83. The molecule has 0 aliphatic rings. The third kappa shape index (κ3) is 5.42. The highest BCUT2D eigenvalue weighted by atomic mass is 16.2. The maximum atomic E-state index is 11.6. The van der Waals surface area contributed by atoms with E-state index in [2.05, 4.69) is 31.1 Å². The number of hydrogen-bond acceptors (Lipinski definition) is 3. The molecule has 0 aliphatic carbocycles. The molecule has 0 saturated carbocycles. The van der Waals surface area contributed by atoms with Gasteiger partial charge < -0.3 is 9.88 Å². The summed E-state index contributed by atoms with van der Waals surface area (Å²) in [5, 5.41) is 3.41. The zero-order chi connectivity index (χ0) is 14.5. The summed E-state index contributed by atoms with van der Waals surface area (Å²) in [6, 6.07) is 0. The predicted molar refractivity (Wildman–Crippen MR) is 77.7 cm³/mol. The lowest BCUT2D eigenvalue weighted by atomic mass is 10.1. The van der Waals surface area contributed by atoms with Crippen molar-refractivity contribution in [2.45, 2.75) is 59.0 Å². The van der Waals surface area contributed by atoms with Crippen molar-refractivity contribution in [2.75, 3.05) is 6.54 Å². The van der Waals surface area contributed by atoms with Gasteiger partial charge in [-0.1, -0.05) is 6.92 Å². The SMILES string of the molecule is CCc1cn(CCCCNC(C)(C)C)c(=O)[nH]c1=O. The van der Waals surface area contributed by atoms with E-state index in [1.165, 1.54) is 0 Å². The monoisotopic (exact) mass is 267 g/mol. The Bertz CT molecular complexity index is 509. The Morgan fingerprint density at radius 2 is 1.95 bits per heavy atom. The van der Waals surface area contributed by atoms with Crippen LogP contribution < -0.4 is 16.6 Å². The molecule has 19 heavy (non-hydrogen) atoms. The smallest absolute Gasteiger partial charge is 0.312 e. The van der Waals surface area contributed by atoms with Gasteiger partial charge in [0.15, 0.2) is 0 Å². The van der Waals surface area contributed by atoms with Gasteiger partial charge in [-0.15, -0.1) is 0 Å². The first kappa shape index (κ1) is 15.7. The average molecular weight is 267 g/mol. The Morgan fingerprint density at radius 1 is 1.26 bits per heavy atom. The molecule has 0 aliphatic heterocycles. The summed E-state index contributed by atoms with van der Waals surface area (Å²) in [6.07, 6.45) is 4.24. The van der Waals surface area contributed by atoms with E-state index in [-0.39, 0.29) is 16.8 Å². The fraction of sp³-hybridized carbons (Fsp3) is 0.714. The molecule has 1 rings (SSSR count). The minimum absolute atomic E-state index is 0.129. The summed E-state index contributed by atoms with van der Waals surface area (Å²) in [5.74, 6) is 0. The van der Waals surface area contributed by atoms with Crippen molar-refractivity contribution < 1.29 is 0 Å². The number of nitrogens with one attached hydrogen (secondary N) is 2. The highest BCUT2D eigenvalue weighted by molar-refractivity contribution is 5.03. The third-order valence-electron chi connectivity index (χ3n) is 2.95. The van der Waals surface area contributed by atoms with Crippen molar-refractivity contribution in [3.05, 3.63) is 32.6 Å². The van der Waals surface area contributed by atoms with Gasteiger partial charge >= 0.3 is 5.69 Å². The first-order valence-electron chi connectivity index (χ1n) is 6.91. The topological polar surface area (TPSA) is 66.9 Å². The molecule has 108 valence electrons. The van der Waals surface area contributed by atoms with E-state index in [0.29, 0.717) is 18.5 Å².